The van der Waals surface area contributed by atoms with Crippen LogP contribution in [0.4, 0.5) is 5.69 Å². The van der Waals surface area contributed by atoms with E-state index in [1.54, 1.807) is 24.3 Å². The lowest BCUT2D eigenvalue weighted by Crippen LogP contribution is -2.15. The van der Waals surface area contributed by atoms with Crippen molar-refractivity contribution in [1.29, 1.82) is 0 Å². The van der Waals surface area contributed by atoms with Crippen LogP contribution in [0.25, 0.3) is 0 Å². The van der Waals surface area contributed by atoms with Crippen molar-refractivity contribution in [3.05, 3.63) is 52.9 Å². The Balaban J connectivity index is 2.25. The first-order chi connectivity index (χ1) is 9.01. The molecule has 0 amide bonds. The van der Waals surface area contributed by atoms with Gasteiger partial charge >= 0.3 is 0 Å². The summed E-state index contributed by atoms with van der Waals surface area (Å²) < 4.78 is 31.4. The Hall–Kier alpha value is -2.28. The molecule has 1 heterocycles. The lowest BCUT2D eigenvalue weighted by atomic mass is 10.3. The van der Waals surface area contributed by atoms with E-state index in [0.717, 1.165) is 12.3 Å². The maximum atomic E-state index is 12.0. The fraction of sp³-hybridized carbons (Fsp3) is 0.0833. The SMILES string of the molecule is COc1ccc(NS(=O)(=O)c2ccc(=O)[nH]c2)cc1. The van der Waals surface area contributed by atoms with Gasteiger partial charge in [0, 0.05) is 18.0 Å². The molecule has 6 nitrogen and oxygen atoms in total. The van der Waals surface area contributed by atoms with Crippen LogP contribution < -0.4 is 15.0 Å². The maximum Gasteiger partial charge on any atom is 0.263 e. The van der Waals surface area contributed by atoms with Gasteiger partial charge < -0.3 is 9.72 Å². The summed E-state index contributed by atoms with van der Waals surface area (Å²) in [5.41, 5.74) is 0.0513. The molecule has 100 valence electrons. The van der Waals surface area contributed by atoms with Crippen LogP contribution in [-0.2, 0) is 10.0 Å². The molecule has 1 aromatic carbocycles. The number of pyridine rings is 1. The zero-order chi connectivity index (χ0) is 13.9. The van der Waals surface area contributed by atoms with Gasteiger partial charge in [0.1, 0.15) is 10.6 Å². The molecule has 0 aliphatic heterocycles. The minimum atomic E-state index is -3.71. The minimum absolute atomic E-state index is 0.0112. The molecule has 19 heavy (non-hydrogen) atoms. The first-order valence-corrected chi connectivity index (χ1v) is 6.85. The molecule has 2 rings (SSSR count). The Labute approximate surface area is 110 Å². The van der Waals surface area contributed by atoms with Crippen LogP contribution >= 0.6 is 0 Å². The molecule has 2 aromatic rings. The molecule has 0 fully saturated rings. The normalized spacial score (nSPS) is 11.0. The number of benzene rings is 1. The van der Waals surface area contributed by atoms with E-state index in [4.69, 9.17) is 4.74 Å². The van der Waals surface area contributed by atoms with Crippen LogP contribution in [0.5, 0.6) is 5.75 Å². The summed E-state index contributed by atoms with van der Waals surface area (Å²) in [5.74, 6) is 0.631. The highest BCUT2D eigenvalue weighted by Gasteiger charge is 2.13. The summed E-state index contributed by atoms with van der Waals surface area (Å²) in [5, 5.41) is 0. The highest BCUT2D eigenvalue weighted by molar-refractivity contribution is 7.92. The smallest absolute Gasteiger partial charge is 0.263 e. The van der Waals surface area contributed by atoms with Crippen molar-refractivity contribution < 1.29 is 13.2 Å². The van der Waals surface area contributed by atoms with Crippen LogP contribution in [0, 0.1) is 0 Å². The molecule has 1 aromatic heterocycles. The molecule has 7 heteroatoms. The van der Waals surface area contributed by atoms with Crippen molar-refractivity contribution in [3.63, 3.8) is 0 Å². The number of aromatic amines is 1. The predicted octanol–water partition coefficient (Wildman–Crippen LogP) is 1.18. The molecular weight excluding hydrogens is 268 g/mol. The van der Waals surface area contributed by atoms with Crippen LogP contribution in [0.15, 0.2) is 52.3 Å². The number of rotatable bonds is 4. The second kappa shape index (κ2) is 5.15. The molecule has 0 saturated heterocycles. The van der Waals surface area contributed by atoms with Gasteiger partial charge in [-0.05, 0) is 30.3 Å². The second-order valence-corrected chi connectivity index (χ2v) is 5.41. The first-order valence-electron chi connectivity index (χ1n) is 5.37. The molecule has 0 radical (unpaired) electrons. The zero-order valence-electron chi connectivity index (χ0n) is 10.1. The number of ether oxygens (including phenoxy) is 1. The van der Waals surface area contributed by atoms with Crippen molar-refractivity contribution in [2.45, 2.75) is 4.90 Å². The van der Waals surface area contributed by atoms with E-state index in [0.29, 0.717) is 11.4 Å². The number of hydrogen-bond acceptors (Lipinski definition) is 4. The lowest BCUT2D eigenvalue weighted by Gasteiger charge is -2.08. The van der Waals surface area contributed by atoms with Gasteiger partial charge in [0.2, 0.25) is 5.56 Å². The number of methoxy groups -OCH3 is 1. The van der Waals surface area contributed by atoms with Crippen molar-refractivity contribution in [3.8, 4) is 5.75 Å². The topological polar surface area (TPSA) is 88.3 Å². The van der Waals surface area contributed by atoms with E-state index in [1.807, 2.05) is 0 Å². The highest BCUT2D eigenvalue weighted by Crippen LogP contribution is 2.18. The number of anilines is 1. The Bertz CT molecular complexity index is 700. The summed E-state index contributed by atoms with van der Waals surface area (Å²) in [4.78, 5) is 13.2. The predicted molar refractivity (Wildman–Crippen MR) is 70.9 cm³/mol. The highest BCUT2D eigenvalue weighted by atomic mass is 32.2. The van der Waals surface area contributed by atoms with Crippen molar-refractivity contribution >= 4 is 15.7 Å². The van der Waals surface area contributed by atoms with Gasteiger partial charge in [0.25, 0.3) is 10.0 Å². The molecule has 0 unspecified atom stereocenters. The van der Waals surface area contributed by atoms with Crippen LogP contribution in [0.1, 0.15) is 0 Å². The third-order valence-corrected chi connectivity index (χ3v) is 3.79. The second-order valence-electron chi connectivity index (χ2n) is 3.72. The molecule has 2 N–H and O–H groups in total. The molecule has 0 bridgehead atoms. The van der Waals surface area contributed by atoms with E-state index in [2.05, 4.69) is 9.71 Å². The van der Waals surface area contributed by atoms with Gasteiger partial charge in [-0.3, -0.25) is 9.52 Å². The molecule has 0 aliphatic rings. The fourth-order valence-corrected chi connectivity index (χ4v) is 2.46. The van der Waals surface area contributed by atoms with Crippen molar-refractivity contribution in [2.24, 2.45) is 0 Å². The van der Waals surface area contributed by atoms with Gasteiger partial charge in [0.15, 0.2) is 0 Å². The van der Waals surface area contributed by atoms with E-state index in [9.17, 15) is 13.2 Å². The Kier molecular flexibility index (Phi) is 3.57. The largest absolute Gasteiger partial charge is 0.497 e. The summed E-state index contributed by atoms with van der Waals surface area (Å²) >= 11 is 0. The van der Waals surface area contributed by atoms with Crippen molar-refractivity contribution in [1.82, 2.24) is 4.98 Å². The van der Waals surface area contributed by atoms with Gasteiger partial charge in [-0.2, -0.15) is 0 Å². The number of hydrogen-bond donors (Lipinski definition) is 2. The Morgan fingerprint density at radius 3 is 2.32 bits per heavy atom. The standard InChI is InChI=1S/C12H12N2O4S/c1-18-10-4-2-9(3-5-10)14-19(16,17)11-6-7-12(15)13-8-11/h2-8,14H,1H3,(H,13,15). The lowest BCUT2D eigenvalue weighted by molar-refractivity contribution is 0.415. The van der Waals surface area contributed by atoms with Gasteiger partial charge in [0.05, 0.1) is 7.11 Å². The van der Waals surface area contributed by atoms with Crippen LogP contribution in [0.3, 0.4) is 0 Å². The fourth-order valence-electron chi connectivity index (χ4n) is 1.44. The maximum absolute atomic E-state index is 12.0. The molecule has 0 atom stereocenters. The number of sulfonamides is 1. The zero-order valence-corrected chi connectivity index (χ0v) is 10.9. The quantitative estimate of drug-likeness (QED) is 0.880. The molecule has 0 spiro atoms. The van der Waals surface area contributed by atoms with E-state index in [-0.39, 0.29) is 10.5 Å². The summed E-state index contributed by atoms with van der Waals surface area (Å²) in [7, 11) is -2.18. The molecule has 0 saturated carbocycles. The van der Waals surface area contributed by atoms with Gasteiger partial charge in [-0.15, -0.1) is 0 Å². The van der Waals surface area contributed by atoms with Crippen LogP contribution in [-0.4, -0.2) is 20.5 Å². The summed E-state index contributed by atoms with van der Waals surface area (Å²) in [6.07, 6.45) is 1.15. The van der Waals surface area contributed by atoms with Gasteiger partial charge in [-0.1, -0.05) is 0 Å². The van der Waals surface area contributed by atoms with E-state index in [1.165, 1.54) is 13.2 Å². The van der Waals surface area contributed by atoms with E-state index >= 15 is 0 Å². The molecule has 0 aliphatic carbocycles. The Morgan fingerprint density at radius 1 is 1.11 bits per heavy atom. The number of nitrogens with one attached hydrogen (secondary N) is 2. The Morgan fingerprint density at radius 2 is 1.79 bits per heavy atom. The molecular formula is C12H12N2O4S. The average Bonchev–Trinajstić information content (AvgIpc) is 2.40. The van der Waals surface area contributed by atoms with Crippen LogP contribution in [0.2, 0.25) is 0 Å². The van der Waals surface area contributed by atoms with E-state index < -0.39 is 10.0 Å². The van der Waals surface area contributed by atoms with Crippen molar-refractivity contribution in [2.75, 3.05) is 11.8 Å². The number of H-pyrrole nitrogens is 1. The summed E-state index contributed by atoms with van der Waals surface area (Å²) in [6.45, 7) is 0. The summed E-state index contributed by atoms with van der Waals surface area (Å²) in [6, 6.07) is 8.85. The minimum Gasteiger partial charge on any atom is -0.497 e. The average molecular weight is 280 g/mol. The third kappa shape index (κ3) is 3.14. The first kappa shape index (κ1) is 13.2. The number of aromatic nitrogens is 1. The van der Waals surface area contributed by atoms with Gasteiger partial charge in [-0.25, -0.2) is 8.42 Å². The third-order valence-electron chi connectivity index (χ3n) is 2.41. The monoisotopic (exact) mass is 280 g/mol.